The van der Waals surface area contributed by atoms with Gasteiger partial charge in [0.25, 0.3) is 0 Å². The molecule has 0 aliphatic carbocycles. The van der Waals surface area contributed by atoms with Gasteiger partial charge in [-0.05, 0) is 30.0 Å². The summed E-state index contributed by atoms with van der Waals surface area (Å²) >= 11 is 6.05. The van der Waals surface area contributed by atoms with Crippen LogP contribution < -0.4 is 11.5 Å². The van der Waals surface area contributed by atoms with Crippen LogP contribution in [0.2, 0.25) is 5.02 Å². The highest BCUT2D eigenvalue weighted by Gasteiger charge is 2.08. The van der Waals surface area contributed by atoms with E-state index in [4.69, 9.17) is 23.1 Å². The number of fused-ring (bicyclic) bond motifs is 1. The van der Waals surface area contributed by atoms with Crippen molar-refractivity contribution in [2.75, 3.05) is 11.5 Å². The Morgan fingerprint density at radius 2 is 1.93 bits per heavy atom. The molecule has 0 radical (unpaired) electrons. The summed E-state index contributed by atoms with van der Waals surface area (Å²) in [4.78, 5) is 0. The van der Waals surface area contributed by atoms with Gasteiger partial charge in [0.2, 0.25) is 0 Å². The number of hydrogen-bond donors (Lipinski definition) is 2. The zero-order chi connectivity index (χ0) is 10.3. The maximum Gasteiger partial charge on any atom is 0.0671 e. The van der Waals surface area contributed by atoms with Crippen LogP contribution in [0.5, 0.6) is 0 Å². The fraction of sp³-hybridized carbons (Fsp3) is 0.0909. The number of halogens is 1. The minimum Gasteiger partial charge on any atom is -0.398 e. The van der Waals surface area contributed by atoms with E-state index in [0.717, 1.165) is 16.3 Å². The van der Waals surface area contributed by atoms with Crippen molar-refractivity contribution in [3.05, 3.63) is 34.9 Å². The van der Waals surface area contributed by atoms with E-state index in [9.17, 15) is 0 Å². The second-order valence-electron chi connectivity index (χ2n) is 3.37. The van der Waals surface area contributed by atoms with E-state index in [1.54, 1.807) is 0 Å². The standard InChI is InChI=1S/C11H11ClN2/c1-6-5-7-3-2-4-8(13)9(7)11(14)10(6)12/h2-5H,13-14H2,1H3. The highest BCUT2D eigenvalue weighted by atomic mass is 35.5. The number of anilines is 2. The molecule has 2 aromatic carbocycles. The van der Waals surface area contributed by atoms with Gasteiger partial charge < -0.3 is 11.5 Å². The molecule has 3 heteroatoms. The lowest BCUT2D eigenvalue weighted by Gasteiger charge is -2.09. The zero-order valence-electron chi connectivity index (χ0n) is 7.84. The van der Waals surface area contributed by atoms with E-state index < -0.39 is 0 Å². The molecule has 0 atom stereocenters. The predicted molar refractivity (Wildman–Crippen MR) is 62.5 cm³/mol. The molecule has 0 heterocycles. The molecule has 0 saturated carbocycles. The van der Waals surface area contributed by atoms with Crippen molar-refractivity contribution in [3.63, 3.8) is 0 Å². The summed E-state index contributed by atoms with van der Waals surface area (Å²) in [7, 11) is 0. The van der Waals surface area contributed by atoms with Crippen LogP contribution in [0.25, 0.3) is 10.8 Å². The summed E-state index contributed by atoms with van der Waals surface area (Å²) in [6.45, 7) is 1.93. The van der Waals surface area contributed by atoms with Crippen LogP contribution in [0.15, 0.2) is 24.3 Å². The van der Waals surface area contributed by atoms with E-state index in [2.05, 4.69) is 0 Å². The summed E-state index contributed by atoms with van der Waals surface area (Å²) in [5, 5.41) is 2.47. The van der Waals surface area contributed by atoms with Gasteiger partial charge in [-0.3, -0.25) is 0 Å². The van der Waals surface area contributed by atoms with Gasteiger partial charge in [-0.25, -0.2) is 0 Å². The summed E-state index contributed by atoms with van der Waals surface area (Å²) in [5.41, 5.74) is 14.0. The number of aryl methyl sites for hydroxylation is 1. The summed E-state index contributed by atoms with van der Waals surface area (Å²) in [5.74, 6) is 0. The van der Waals surface area contributed by atoms with E-state index in [0.29, 0.717) is 16.4 Å². The Bertz CT molecular complexity index is 506. The van der Waals surface area contributed by atoms with Gasteiger partial charge >= 0.3 is 0 Å². The quantitative estimate of drug-likeness (QED) is 0.652. The number of hydrogen-bond acceptors (Lipinski definition) is 2. The Labute approximate surface area is 87.5 Å². The third-order valence-electron chi connectivity index (χ3n) is 2.35. The van der Waals surface area contributed by atoms with E-state index in [1.807, 2.05) is 31.2 Å². The molecule has 0 fully saturated rings. The highest BCUT2D eigenvalue weighted by Crippen LogP contribution is 2.34. The van der Waals surface area contributed by atoms with Crippen LogP contribution >= 0.6 is 11.6 Å². The van der Waals surface area contributed by atoms with E-state index in [-0.39, 0.29) is 0 Å². The smallest absolute Gasteiger partial charge is 0.0671 e. The third kappa shape index (κ3) is 1.19. The lowest BCUT2D eigenvalue weighted by atomic mass is 10.0. The molecular formula is C11H11ClN2. The molecule has 14 heavy (non-hydrogen) atoms. The molecule has 0 aliphatic rings. The minimum absolute atomic E-state index is 0.569. The van der Waals surface area contributed by atoms with Gasteiger partial charge in [-0.2, -0.15) is 0 Å². The normalized spacial score (nSPS) is 10.7. The van der Waals surface area contributed by atoms with Crippen molar-refractivity contribution < 1.29 is 0 Å². The molecule has 2 rings (SSSR count). The monoisotopic (exact) mass is 206 g/mol. The van der Waals surface area contributed by atoms with E-state index >= 15 is 0 Å². The van der Waals surface area contributed by atoms with Crippen LogP contribution in [0.3, 0.4) is 0 Å². The van der Waals surface area contributed by atoms with Gasteiger partial charge in [0.15, 0.2) is 0 Å². The number of benzene rings is 2. The molecule has 2 nitrogen and oxygen atoms in total. The van der Waals surface area contributed by atoms with Crippen molar-refractivity contribution in [3.8, 4) is 0 Å². The average molecular weight is 207 g/mol. The van der Waals surface area contributed by atoms with Gasteiger partial charge in [0, 0.05) is 11.1 Å². The van der Waals surface area contributed by atoms with Crippen LogP contribution in [-0.4, -0.2) is 0 Å². The van der Waals surface area contributed by atoms with Crippen molar-refractivity contribution in [1.82, 2.24) is 0 Å². The van der Waals surface area contributed by atoms with Gasteiger partial charge in [-0.1, -0.05) is 23.7 Å². The minimum atomic E-state index is 0.569. The van der Waals surface area contributed by atoms with Gasteiger partial charge in [0.05, 0.1) is 10.7 Å². The Morgan fingerprint density at radius 3 is 2.64 bits per heavy atom. The fourth-order valence-corrected chi connectivity index (χ4v) is 1.79. The Morgan fingerprint density at radius 1 is 1.21 bits per heavy atom. The van der Waals surface area contributed by atoms with Crippen LogP contribution in [-0.2, 0) is 0 Å². The first-order valence-electron chi connectivity index (χ1n) is 4.34. The predicted octanol–water partition coefficient (Wildman–Crippen LogP) is 2.97. The maximum atomic E-state index is 6.05. The fourth-order valence-electron chi connectivity index (χ4n) is 1.64. The van der Waals surface area contributed by atoms with Crippen molar-refractivity contribution >= 4 is 33.7 Å². The van der Waals surface area contributed by atoms with Crippen molar-refractivity contribution in [1.29, 1.82) is 0 Å². The van der Waals surface area contributed by atoms with Crippen molar-refractivity contribution in [2.45, 2.75) is 6.92 Å². The average Bonchev–Trinajstić information content (AvgIpc) is 2.14. The second kappa shape index (κ2) is 3.07. The van der Waals surface area contributed by atoms with Crippen molar-refractivity contribution in [2.24, 2.45) is 0 Å². The molecule has 0 unspecified atom stereocenters. The van der Waals surface area contributed by atoms with Crippen LogP contribution in [0, 0.1) is 6.92 Å². The van der Waals surface area contributed by atoms with Gasteiger partial charge in [-0.15, -0.1) is 0 Å². The molecule has 4 N–H and O–H groups in total. The molecule has 2 aromatic rings. The molecule has 0 aromatic heterocycles. The molecule has 0 spiro atoms. The summed E-state index contributed by atoms with van der Waals surface area (Å²) in [6.07, 6.45) is 0. The zero-order valence-corrected chi connectivity index (χ0v) is 8.60. The lowest BCUT2D eigenvalue weighted by molar-refractivity contribution is 1.50. The van der Waals surface area contributed by atoms with E-state index in [1.165, 1.54) is 0 Å². The first-order valence-corrected chi connectivity index (χ1v) is 4.72. The first-order chi connectivity index (χ1) is 6.61. The Hall–Kier alpha value is -1.41. The van der Waals surface area contributed by atoms with Crippen LogP contribution in [0.1, 0.15) is 5.56 Å². The topological polar surface area (TPSA) is 52.0 Å². The van der Waals surface area contributed by atoms with Gasteiger partial charge in [0.1, 0.15) is 0 Å². The maximum absolute atomic E-state index is 6.05. The molecule has 0 amide bonds. The lowest BCUT2D eigenvalue weighted by Crippen LogP contribution is -1.95. The number of rotatable bonds is 0. The molecule has 0 bridgehead atoms. The molecule has 0 saturated heterocycles. The third-order valence-corrected chi connectivity index (χ3v) is 2.85. The molecule has 0 aliphatic heterocycles. The number of nitrogen functional groups attached to an aromatic ring is 2. The number of nitrogens with two attached hydrogens (primary N) is 2. The Kier molecular flexibility index (Phi) is 2.01. The second-order valence-corrected chi connectivity index (χ2v) is 3.74. The molecule has 72 valence electrons. The van der Waals surface area contributed by atoms with Crippen LogP contribution in [0.4, 0.5) is 11.4 Å². The summed E-state index contributed by atoms with van der Waals surface area (Å²) < 4.78 is 0. The SMILES string of the molecule is Cc1cc2cccc(N)c2c(N)c1Cl. The first kappa shape index (κ1) is 9.16. The Balaban J connectivity index is 2.99. The highest BCUT2D eigenvalue weighted by molar-refractivity contribution is 6.36. The largest absolute Gasteiger partial charge is 0.398 e. The summed E-state index contributed by atoms with van der Waals surface area (Å²) in [6, 6.07) is 7.70. The molecular weight excluding hydrogens is 196 g/mol.